The van der Waals surface area contributed by atoms with E-state index in [1.165, 1.54) is 0 Å². The van der Waals surface area contributed by atoms with E-state index in [-0.39, 0.29) is 5.75 Å². The Bertz CT molecular complexity index is 436. The summed E-state index contributed by atoms with van der Waals surface area (Å²) in [6.45, 7) is 2.09. The first-order valence-electron chi connectivity index (χ1n) is 4.53. The van der Waals surface area contributed by atoms with E-state index in [2.05, 4.69) is 11.9 Å². The van der Waals surface area contributed by atoms with Gasteiger partial charge in [0.2, 0.25) is 0 Å². The Morgan fingerprint density at radius 1 is 1.43 bits per heavy atom. The fraction of sp³-hybridized carbons (Fsp3) is 0.182. The molecule has 0 saturated carbocycles. The average molecular weight is 205 g/mol. The van der Waals surface area contributed by atoms with Gasteiger partial charge in [-0.05, 0) is 18.6 Å². The van der Waals surface area contributed by atoms with Gasteiger partial charge in [-0.1, -0.05) is 19.1 Å². The lowest BCUT2D eigenvalue weighted by molar-refractivity contribution is 0.475. The van der Waals surface area contributed by atoms with Crippen LogP contribution in [-0.4, -0.2) is 10.1 Å². The molecule has 0 amide bonds. The summed E-state index contributed by atoms with van der Waals surface area (Å²) in [7, 11) is 0. The molecule has 2 aromatic rings. The predicted octanol–water partition coefficient (Wildman–Crippen LogP) is 3.08. The molecule has 0 aliphatic carbocycles. The first-order valence-corrected chi connectivity index (χ1v) is 5.41. The highest BCUT2D eigenvalue weighted by Gasteiger charge is 2.03. The van der Waals surface area contributed by atoms with Crippen molar-refractivity contribution in [1.29, 1.82) is 0 Å². The molecule has 72 valence electrons. The van der Waals surface area contributed by atoms with Gasteiger partial charge in [0, 0.05) is 10.9 Å². The van der Waals surface area contributed by atoms with Crippen LogP contribution in [0, 0.1) is 0 Å². The van der Waals surface area contributed by atoms with Crippen LogP contribution >= 0.6 is 11.3 Å². The number of phenols is 1. The fourth-order valence-electron chi connectivity index (χ4n) is 1.27. The van der Waals surface area contributed by atoms with E-state index in [4.69, 9.17) is 0 Å². The van der Waals surface area contributed by atoms with Gasteiger partial charge < -0.3 is 5.11 Å². The van der Waals surface area contributed by atoms with Crippen LogP contribution in [0.2, 0.25) is 0 Å². The van der Waals surface area contributed by atoms with Gasteiger partial charge in [-0.3, -0.25) is 0 Å². The Hall–Kier alpha value is -1.35. The highest BCUT2D eigenvalue weighted by molar-refractivity contribution is 7.09. The average Bonchev–Trinajstić information content (AvgIpc) is 2.66. The zero-order valence-electron chi connectivity index (χ0n) is 7.90. The number of aromatic nitrogens is 1. The van der Waals surface area contributed by atoms with Crippen molar-refractivity contribution in [1.82, 2.24) is 4.98 Å². The first kappa shape index (κ1) is 9.21. The summed E-state index contributed by atoms with van der Waals surface area (Å²) < 4.78 is 0. The highest BCUT2D eigenvalue weighted by Crippen LogP contribution is 2.24. The van der Waals surface area contributed by atoms with Crippen LogP contribution in [0.3, 0.4) is 0 Å². The monoisotopic (exact) mass is 205 g/mol. The molecule has 0 fully saturated rings. The number of phenolic OH excluding ortho intramolecular Hbond substituents is 1. The number of hydrogen-bond acceptors (Lipinski definition) is 3. The summed E-state index contributed by atoms with van der Waals surface area (Å²) >= 11 is 1.66. The number of nitrogens with zero attached hydrogens (tertiary/aromatic N) is 1. The molecule has 0 bridgehead atoms. The van der Waals surface area contributed by atoms with Crippen LogP contribution in [0.1, 0.15) is 11.9 Å². The minimum absolute atomic E-state index is 0.286. The Morgan fingerprint density at radius 2 is 2.29 bits per heavy atom. The molecule has 0 aliphatic heterocycles. The van der Waals surface area contributed by atoms with Crippen molar-refractivity contribution in [3.63, 3.8) is 0 Å². The number of rotatable bonds is 2. The maximum atomic E-state index is 9.31. The fourth-order valence-corrected chi connectivity index (χ4v) is 2.03. The predicted molar refractivity (Wildman–Crippen MR) is 58.6 cm³/mol. The summed E-state index contributed by atoms with van der Waals surface area (Å²) in [5.41, 5.74) is 1.92. The van der Waals surface area contributed by atoms with Crippen LogP contribution in [0.15, 0.2) is 29.6 Å². The molecule has 1 aromatic carbocycles. The Balaban J connectivity index is 2.39. The van der Waals surface area contributed by atoms with Gasteiger partial charge >= 0.3 is 0 Å². The van der Waals surface area contributed by atoms with Gasteiger partial charge in [-0.15, -0.1) is 11.3 Å². The van der Waals surface area contributed by atoms with E-state index in [0.29, 0.717) is 0 Å². The quantitative estimate of drug-likeness (QED) is 0.817. The highest BCUT2D eigenvalue weighted by atomic mass is 32.1. The largest absolute Gasteiger partial charge is 0.508 e. The summed E-state index contributed by atoms with van der Waals surface area (Å²) in [6, 6.07) is 7.18. The molecular weight excluding hydrogens is 194 g/mol. The lowest BCUT2D eigenvalue weighted by Crippen LogP contribution is -1.79. The normalized spacial score (nSPS) is 10.4. The minimum Gasteiger partial charge on any atom is -0.508 e. The third-order valence-corrected chi connectivity index (χ3v) is 2.99. The zero-order valence-corrected chi connectivity index (χ0v) is 8.71. The third kappa shape index (κ3) is 1.77. The topological polar surface area (TPSA) is 33.1 Å². The molecule has 0 aliphatic rings. The van der Waals surface area contributed by atoms with Gasteiger partial charge in [0.1, 0.15) is 5.75 Å². The molecule has 0 radical (unpaired) electrons. The van der Waals surface area contributed by atoms with Crippen molar-refractivity contribution in [2.75, 3.05) is 0 Å². The van der Waals surface area contributed by atoms with Gasteiger partial charge in [0.15, 0.2) is 0 Å². The van der Waals surface area contributed by atoms with Crippen molar-refractivity contribution < 1.29 is 5.11 Å². The Morgan fingerprint density at radius 3 is 2.93 bits per heavy atom. The van der Waals surface area contributed by atoms with Gasteiger partial charge in [-0.25, -0.2) is 4.98 Å². The zero-order chi connectivity index (χ0) is 9.97. The van der Waals surface area contributed by atoms with Gasteiger partial charge in [0.05, 0.1) is 10.7 Å². The molecule has 2 nitrogen and oxygen atoms in total. The standard InChI is InChI=1S/C11H11NOS/c1-2-11-12-10(7-14-11)8-4-3-5-9(13)6-8/h3-7,13H,2H2,1H3. The first-order chi connectivity index (χ1) is 6.79. The van der Waals surface area contributed by atoms with Crippen LogP contribution in [0.25, 0.3) is 11.3 Å². The molecule has 1 N–H and O–H groups in total. The number of thiazole rings is 1. The summed E-state index contributed by atoms with van der Waals surface area (Å²) in [6.07, 6.45) is 0.962. The minimum atomic E-state index is 0.286. The van der Waals surface area contributed by atoms with E-state index in [9.17, 15) is 5.11 Å². The van der Waals surface area contributed by atoms with Crippen molar-refractivity contribution in [3.8, 4) is 17.0 Å². The maximum absolute atomic E-state index is 9.31. The SMILES string of the molecule is CCc1nc(-c2cccc(O)c2)cs1. The number of benzene rings is 1. The van der Waals surface area contributed by atoms with Crippen LogP contribution in [0.5, 0.6) is 5.75 Å². The smallest absolute Gasteiger partial charge is 0.116 e. The van der Waals surface area contributed by atoms with Crippen molar-refractivity contribution in [2.24, 2.45) is 0 Å². The van der Waals surface area contributed by atoms with Gasteiger partial charge in [-0.2, -0.15) is 0 Å². The van der Waals surface area contributed by atoms with Crippen molar-refractivity contribution in [2.45, 2.75) is 13.3 Å². The van der Waals surface area contributed by atoms with E-state index in [0.717, 1.165) is 22.7 Å². The van der Waals surface area contributed by atoms with Crippen LogP contribution in [0.4, 0.5) is 0 Å². The van der Waals surface area contributed by atoms with E-state index < -0.39 is 0 Å². The summed E-state index contributed by atoms with van der Waals surface area (Å²) in [5.74, 6) is 0.286. The second kappa shape index (κ2) is 3.80. The number of aryl methyl sites for hydroxylation is 1. The van der Waals surface area contributed by atoms with E-state index in [1.807, 2.05) is 17.5 Å². The van der Waals surface area contributed by atoms with Crippen LogP contribution < -0.4 is 0 Å². The molecule has 1 aromatic heterocycles. The van der Waals surface area contributed by atoms with Gasteiger partial charge in [0.25, 0.3) is 0 Å². The molecule has 14 heavy (non-hydrogen) atoms. The molecular formula is C11H11NOS. The number of aromatic hydroxyl groups is 1. The molecule has 0 spiro atoms. The number of hydrogen-bond donors (Lipinski definition) is 1. The lowest BCUT2D eigenvalue weighted by atomic mass is 10.2. The van der Waals surface area contributed by atoms with E-state index >= 15 is 0 Å². The van der Waals surface area contributed by atoms with Crippen molar-refractivity contribution >= 4 is 11.3 Å². The molecule has 2 rings (SSSR count). The Labute approximate surface area is 86.9 Å². The summed E-state index contributed by atoms with van der Waals surface area (Å²) in [4.78, 5) is 4.45. The summed E-state index contributed by atoms with van der Waals surface area (Å²) in [5, 5.41) is 12.5. The molecule has 0 unspecified atom stereocenters. The van der Waals surface area contributed by atoms with Crippen molar-refractivity contribution in [3.05, 3.63) is 34.7 Å². The maximum Gasteiger partial charge on any atom is 0.116 e. The third-order valence-electron chi connectivity index (χ3n) is 2.00. The van der Waals surface area contributed by atoms with Crippen LogP contribution in [-0.2, 0) is 6.42 Å². The second-order valence-corrected chi connectivity index (χ2v) is 3.97. The molecule has 1 heterocycles. The van der Waals surface area contributed by atoms with E-state index in [1.54, 1.807) is 23.5 Å². The Kier molecular flexibility index (Phi) is 2.50. The molecule has 3 heteroatoms. The molecule has 0 saturated heterocycles. The molecule has 0 atom stereocenters. The second-order valence-electron chi connectivity index (χ2n) is 3.03. The lowest BCUT2D eigenvalue weighted by Gasteiger charge is -1.96.